The van der Waals surface area contributed by atoms with Crippen molar-refractivity contribution in [3.05, 3.63) is 83.9 Å². The molecule has 1 aliphatic heterocycles. The molecule has 0 saturated carbocycles. The van der Waals surface area contributed by atoms with Crippen LogP contribution in [0, 0.1) is 0 Å². The number of likely N-dealkylation sites (tertiary alicyclic amines) is 1. The van der Waals surface area contributed by atoms with E-state index in [1.165, 1.54) is 23.1 Å². The van der Waals surface area contributed by atoms with E-state index in [1.54, 1.807) is 4.68 Å². The lowest BCUT2D eigenvalue weighted by atomic mass is 9.95. The van der Waals surface area contributed by atoms with Gasteiger partial charge in [-0.15, -0.1) is 0 Å². The molecule has 3 unspecified atom stereocenters. The third kappa shape index (κ3) is 5.50. The topological polar surface area (TPSA) is 80.1 Å². The number of aromatic nitrogens is 3. The van der Waals surface area contributed by atoms with Gasteiger partial charge in [-0.05, 0) is 22.6 Å². The van der Waals surface area contributed by atoms with Gasteiger partial charge in [0.15, 0.2) is 0 Å². The Morgan fingerprint density at radius 2 is 1.74 bits per heavy atom. The number of benzene rings is 2. The maximum atomic E-state index is 14.4. The summed E-state index contributed by atoms with van der Waals surface area (Å²) in [5.41, 5.74) is 3.07. The quantitative estimate of drug-likeness (QED) is 0.553. The van der Waals surface area contributed by atoms with E-state index >= 15 is 0 Å². The zero-order chi connectivity index (χ0) is 24.1. The zero-order valence-electron chi connectivity index (χ0n) is 19.5. The highest BCUT2D eigenvalue weighted by Crippen LogP contribution is 2.27. The number of hydrogen-bond acceptors (Lipinski definition) is 4. The number of rotatable bonds is 8. The highest BCUT2D eigenvalue weighted by Gasteiger charge is 2.40. The molecule has 0 bridgehead atoms. The Balaban J connectivity index is 1.52. The number of aryl methyl sites for hydroxylation is 1. The Morgan fingerprint density at radius 3 is 2.38 bits per heavy atom. The number of carbonyl (C=O) groups is 2. The second kappa shape index (κ2) is 10.6. The molecule has 4 rings (SSSR count). The predicted molar refractivity (Wildman–Crippen MR) is 127 cm³/mol. The molecule has 7 nitrogen and oxygen atoms in total. The Bertz CT molecular complexity index is 1090. The average Bonchev–Trinajstić information content (AvgIpc) is 3.51. The molecule has 8 heteroatoms. The molecule has 0 aliphatic carbocycles. The van der Waals surface area contributed by atoms with E-state index in [0.717, 1.165) is 11.1 Å². The fraction of sp³-hybridized carbons (Fsp3) is 0.385. The van der Waals surface area contributed by atoms with Gasteiger partial charge in [0.25, 0.3) is 0 Å². The second-order valence-corrected chi connectivity index (χ2v) is 8.98. The SMILES string of the molecule is CC(C)c1ccc(C(NC(=O)C2CC(F)CN2C(=O)CCn2cncn2)c2ccccc2)cc1. The van der Waals surface area contributed by atoms with Crippen LogP contribution >= 0.6 is 0 Å². The van der Waals surface area contributed by atoms with E-state index < -0.39 is 18.3 Å². The second-order valence-electron chi connectivity index (χ2n) is 8.98. The molecule has 3 atom stereocenters. The van der Waals surface area contributed by atoms with Gasteiger partial charge in [0.2, 0.25) is 11.8 Å². The highest BCUT2D eigenvalue weighted by molar-refractivity contribution is 5.89. The van der Waals surface area contributed by atoms with Gasteiger partial charge in [-0.2, -0.15) is 5.10 Å². The maximum Gasteiger partial charge on any atom is 0.243 e. The molecule has 34 heavy (non-hydrogen) atoms. The van der Waals surface area contributed by atoms with Crippen LogP contribution in [0.15, 0.2) is 67.3 Å². The smallest absolute Gasteiger partial charge is 0.243 e. The van der Waals surface area contributed by atoms with Crippen molar-refractivity contribution >= 4 is 11.8 Å². The van der Waals surface area contributed by atoms with E-state index in [-0.39, 0.29) is 31.2 Å². The first-order chi connectivity index (χ1) is 16.4. The van der Waals surface area contributed by atoms with Gasteiger partial charge in [0.1, 0.15) is 24.9 Å². The third-order valence-corrected chi connectivity index (χ3v) is 6.25. The number of halogens is 1. The van der Waals surface area contributed by atoms with Gasteiger partial charge >= 0.3 is 0 Å². The van der Waals surface area contributed by atoms with Gasteiger partial charge in [-0.3, -0.25) is 14.3 Å². The lowest BCUT2D eigenvalue weighted by Crippen LogP contribution is -2.47. The Kier molecular flexibility index (Phi) is 7.35. The van der Waals surface area contributed by atoms with Gasteiger partial charge in [0, 0.05) is 12.8 Å². The van der Waals surface area contributed by atoms with Gasteiger partial charge < -0.3 is 10.2 Å². The number of carbonyl (C=O) groups excluding carboxylic acids is 2. The van der Waals surface area contributed by atoms with Crippen molar-refractivity contribution in [2.45, 2.75) is 57.4 Å². The summed E-state index contributed by atoms with van der Waals surface area (Å²) in [6.07, 6.45) is 1.81. The minimum absolute atomic E-state index is 0.00526. The molecule has 0 spiro atoms. The molecule has 0 radical (unpaired) electrons. The minimum Gasteiger partial charge on any atom is -0.343 e. The van der Waals surface area contributed by atoms with Crippen LogP contribution < -0.4 is 5.32 Å². The van der Waals surface area contributed by atoms with Gasteiger partial charge in [-0.25, -0.2) is 9.37 Å². The standard InChI is InChI=1S/C26H30FN5O2/c1-18(2)19-8-10-21(11-9-19)25(20-6-4-3-5-7-20)30-26(34)23-14-22(27)15-32(23)24(33)12-13-31-17-28-16-29-31/h3-11,16-18,22-23,25H,12-15H2,1-2H3,(H,30,34). The molecule has 1 aliphatic rings. The first kappa shape index (κ1) is 23.6. The van der Waals surface area contributed by atoms with E-state index in [0.29, 0.717) is 12.5 Å². The van der Waals surface area contributed by atoms with Crippen LogP contribution in [-0.2, 0) is 16.1 Å². The van der Waals surface area contributed by atoms with Crippen molar-refractivity contribution in [1.82, 2.24) is 25.0 Å². The van der Waals surface area contributed by atoms with Crippen molar-refractivity contribution in [1.29, 1.82) is 0 Å². The van der Waals surface area contributed by atoms with Crippen molar-refractivity contribution in [2.75, 3.05) is 6.54 Å². The minimum atomic E-state index is -1.23. The summed E-state index contributed by atoms with van der Waals surface area (Å²) in [6.45, 7) is 4.52. The fourth-order valence-corrected chi connectivity index (χ4v) is 4.33. The molecule has 1 N–H and O–H groups in total. The molecule has 1 aromatic heterocycles. The van der Waals surface area contributed by atoms with Crippen molar-refractivity contribution in [3.8, 4) is 0 Å². The summed E-state index contributed by atoms with van der Waals surface area (Å²) in [5.74, 6) is -0.222. The summed E-state index contributed by atoms with van der Waals surface area (Å²) in [5, 5.41) is 7.08. The molecule has 2 aromatic carbocycles. The van der Waals surface area contributed by atoms with Crippen LogP contribution in [0.25, 0.3) is 0 Å². The summed E-state index contributed by atoms with van der Waals surface area (Å²) < 4.78 is 15.9. The summed E-state index contributed by atoms with van der Waals surface area (Å²) in [4.78, 5) is 31.4. The van der Waals surface area contributed by atoms with Crippen molar-refractivity contribution in [2.24, 2.45) is 0 Å². The molecule has 1 saturated heterocycles. The van der Waals surface area contributed by atoms with Crippen LogP contribution in [0.2, 0.25) is 0 Å². The largest absolute Gasteiger partial charge is 0.343 e. The molecule has 2 amide bonds. The normalized spacial score (nSPS) is 18.8. The average molecular weight is 464 g/mol. The molecule has 3 aromatic rings. The predicted octanol–water partition coefficient (Wildman–Crippen LogP) is 3.64. The molecule has 178 valence electrons. The lowest BCUT2D eigenvalue weighted by molar-refractivity contribution is -0.138. The van der Waals surface area contributed by atoms with E-state index in [4.69, 9.17) is 0 Å². The lowest BCUT2D eigenvalue weighted by Gasteiger charge is -2.27. The first-order valence-electron chi connectivity index (χ1n) is 11.6. The van der Waals surface area contributed by atoms with E-state index in [2.05, 4.69) is 41.4 Å². The van der Waals surface area contributed by atoms with E-state index in [1.807, 2.05) is 42.5 Å². The van der Waals surface area contributed by atoms with Crippen LogP contribution in [0.3, 0.4) is 0 Å². The van der Waals surface area contributed by atoms with Crippen LogP contribution in [0.4, 0.5) is 4.39 Å². The number of nitrogens with one attached hydrogen (secondary N) is 1. The Labute approximate surface area is 199 Å². The Morgan fingerprint density at radius 1 is 1.06 bits per heavy atom. The molecular weight excluding hydrogens is 433 g/mol. The van der Waals surface area contributed by atoms with Crippen LogP contribution in [0.1, 0.15) is 55.3 Å². The highest BCUT2D eigenvalue weighted by atomic mass is 19.1. The number of hydrogen-bond donors (Lipinski definition) is 1. The summed E-state index contributed by atoms with van der Waals surface area (Å²) >= 11 is 0. The first-order valence-corrected chi connectivity index (χ1v) is 11.6. The fourth-order valence-electron chi connectivity index (χ4n) is 4.33. The molecule has 1 fully saturated rings. The number of nitrogens with zero attached hydrogens (tertiary/aromatic N) is 4. The molecular formula is C26H30FN5O2. The third-order valence-electron chi connectivity index (χ3n) is 6.25. The number of amides is 2. The maximum absolute atomic E-state index is 14.4. The zero-order valence-corrected chi connectivity index (χ0v) is 19.5. The van der Waals surface area contributed by atoms with Gasteiger partial charge in [0.05, 0.1) is 19.1 Å². The van der Waals surface area contributed by atoms with Crippen LogP contribution in [-0.4, -0.2) is 50.2 Å². The molecule has 2 heterocycles. The number of alkyl halides is 1. The Hall–Kier alpha value is -3.55. The van der Waals surface area contributed by atoms with Gasteiger partial charge in [-0.1, -0.05) is 68.4 Å². The summed E-state index contributed by atoms with van der Waals surface area (Å²) in [6, 6.07) is 16.6. The summed E-state index contributed by atoms with van der Waals surface area (Å²) in [7, 11) is 0. The van der Waals surface area contributed by atoms with Crippen molar-refractivity contribution in [3.63, 3.8) is 0 Å². The monoisotopic (exact) mass is 463 g/mol. The van der Waals surface area contributed by atoms with Crippen LogP contribution in [0.5, 0.6) is 0 Å². The van der Waals surface area contributed by atoms with Crippen molar-refractivity contribution < 1.29 is 14.0 Å². The van der Waals surface area contributed by atoms with E-state index in [9.17, 15) is 14.0 Å².